The monoisotopic (exact) mass is 228 g/mol. The molecule has 16 heavy (non-hydrogen) atoms. The molecule has 1 aliphatic heterocycles. The molecule has 1 unspecified atom stereocenters. The molecule has 0 aliphatic carbocycles. The van der Waals surface area contributed by atoms with Crippen molar-refractivity contribution in [2.45, 2.75) is 16.8 Å². The maximum atomic E-state index is 6.04. The minimum atomic E-state index is -0.287. The molecule has 0 N–H and O–H groups in total. The average molecular weight is 228 g/mol. The lowest BCUT2D eigenvalue weighted by molar-refractivity contribution is 0.196. The highest BCUT2D eigenvalue weighted by atomic mass is 32.2. The highest BCUT2D eigenvalue weighted by Crippen LogP contribution is 2.52. The van der Waals surface area contributed by atoms with Crippen LogP contribution in [0.2, 0.25) is 0 Å². The van der Waals surface area contributed by atoms with Gasteiger partial charge in [0.1, 0.15) is 5.75 Å². The molecule has 1 atom stereocenters. The van der Waals surface area contributed by atoms with Gasteiger partial charge in [-0.25, -0.2) is 0 Å². The summed E-state index contributed by atoms with van der Waals surface area (Å²) in [6.07, 6.45) is 0. The van der Waals surface area contributed by atoms with E-state index in [9.17, 15) is 0 Å². The van der Waals surface area contributed by atoms with Crippen molar-refractivity contribution in [2.75, 3.05) is 0 Å². The van der Waals surface area contributed by atoms with Crippen molar-refractivity contribution in [3.8, 4) is 5.75 Å². The van der Waals surface area contributed by atoms with Crippen molar-refractivity contribution in [2.24, 2.45) is 0 Å². The number of para-hydroxylation sites is 1. The number of rotatable bonds is 1. The quantitative estimate of drug-likeness (QED) is 0.728. The fraction of sp³-hybridized carbons (Fsp3) is 0.143. The molecule has 1 heterocycles. The predicted octanol–water partition coefficient (Wildman–Crippen LogP) is 4.04. The van der Waals surface area contributed by atoms with Crippen LogP contribution in [0.5, 0.6) is 5.75 Å². The molecule has 2 aromatic rings. The number of thioether (sulfide) groups is 1. The molecule has 0 saturated heterocycles. The third kappa shape index (κ3) is 1.50. The summed E-state index contributed by atoms with van der Waals surface area (Å²) in [5.74, 6) is 0.985. The lowest BCUT2D eigenvalue weighted by Gasteiger charge is -2.23. The van der Waals surface area contributed by atoms with Crippen molar-refractivity contribution in [3.05, 3.63) is 60.2 Å². The van der Waals surface area contributed by atoms with E-state index >= 15 is 0 Å². The molecule has 0 fully saturated rings. The minimum absolute atomic E-state index is 0.287. The van der Waals surface area contributed by atoms with Crippen LogP contribution in [0.4, 0.5) is 0 Å². The number of benzene rings is 2. The largest absolute Gasteiger partial charge is 0.471 e. The van der Waals surface area contributed by atoms with E-state index in [0.717, 1.165) is 5.75 Å². The van der Waals surface area contributed by atoms with E-state index in [-0.39, 0.29) is 4.93 Å². The maximum absolute atomic E-state index is 6.04. The molecule has 3 rings (SSSR count). The first-order valence-corrected chi connectivity index (χ1v) is 6.12. The van der Waals surface area contributed by atoms with E-state index in [0.29, 0.717) is 0 Å². The highest BCUT2D eigenvalue weighted by Gasteiger charge is 2.37. The molecule has 1 nitrogen and oxygen atoms in total. The van der Waals surface area contributed by atoms with Gasteiger partial charge in [0.15, 0.2) is 4.93 Å². The Balaban J connectivity index is 2.01. The average Bonchev–Trinajstić information content (AvgIpc) is 2.68. The molecular weight excluding hydrogens is 216 g/mol. The molecule has 2 aromatic carbocycles. The van der Waals surface area contributed by atoms with E-state index in [1.807, 2.05) is 36.4 Å². The standard InChI is InChI=1S/C14H12OS/c1-14(11-7-3-2-4-8-11)15-12-9-5-6-10-13(12)16-14/h2-10H,1H3. The molecule has 80 valence electrons. The molecular formula is C14H12OS. The summed E-state index contributed by atoms with van der Waals surface area (Å²) >= 11 is 1.77. The minimum Gasteiger partial charge on any atom is -0.471 e. The Kier molecular flexibility index (Phi) is 2.18. The molecule has 0 spiro atoms. The van der Waals surface area contributed by atoms with Crippen LogP contribution in [0.15, 0.2) is 59.5 Å². The van der Waals surface area contributed by atoms with Crippen LogP contribution in [-0.2, 0) is 4.93 Å². The molecule has 1 aliphatic rings. The van der Waals surface area contributed by atoms with Crippen LogP contribution in [0.1, 0.15) is 12.5 Å². The Morgan fingerprint density at radius 3 is 2.38 bits per heavy atom. The third-order valence-electron chi connectivity index (χ3n) is 2.76. The van der Waals surface area contributed by atoms with Crippen molar-refractivity contribution < 1.29 is 4.74 Å². The Hall–Kier alpha value is -1.41. The summed E-state index contributed by atoms with van der Waals surface area (Å²) in [7, 11) is 0. The van der Waals surface area contributed by atoms with Crippen molar-refractivity contribution in [1.82, 2.24) is 0 Å². The summed E-state index contributed by atoms with van der Waals surface area (Å²) in [5.41, 5.74) is 1.20. The number of hydrogen-bond acceptors (Lipinski definition) is 2. The van der Waals surface area contributed by atoms with E-state index in [4.69, 9.17) is 4.74 Å². The fourth-order valence-electron chi connectivity index (χ4n) is 1.92. The second-order valence-electron chi connectivity index (χ2n) is 3.96. The van der Waals surface area contributed by atoms with Crippen LogP contribution in [-0.4, -0.2) is 0 Å². The van der Waals surface area contributed by atoms with E-state index in [1.54, 1.807) is 11.8 Å². The zero-order valence-corrected chi connectivity index (χ0v) is 9.83. The molecule has 0 amide bonds. The number of fused-ring (bicyclic) bond motifs is 1. The smallest absolute Gasteiger partial charge is 0.181 e. The van der Waals surface area contributed by atoms with Gasteiger partial charge in [0.2, 0.25) is 0 Å². The van der Waals surface area contributed by atoms with Gasteiger partial charge in [0, 0.05) is 5.56 Å². The molecule has 0 radical (unpaired) electrons. The fourth-order valence-corrected chi connectivity index (χ4v) is 3.08. The van der Waals surface area contributed by atoms with Gasteiger partial charge < -0.3 is 4.74 Å². The van der Waals surface area contributed by atoms with E-state index in [2.05, 4.69) is 25.1 Å². The van der Waals surface area contributed by atoms with Crippen molar-refractivity contribution in [1.29, 1.82) is 0 Å². The van der Waals surface area contributed by atoms with Gasteiger partial charge in [-0.3, -0.25) is 0 Å². The normalized spacial score (nSPS) is 22.6. The lowest BCUT2D eigenvalue weighted by Crippen LogP contribution is -2.20. The summed E-state index contributed by atoms with van der Waals surface area (Å²) in [5, 5.41) is 0. The molecule has 0 bridgehead atoms. The SMILES string of the molecule is CC1(c2ccccc2)Oc2ccccc2S1. The van der Waals surface area contributed by atoms with Gasteiger partial charge in [-0.2, -0.15) is 0 Å². The van der Waals surface area contributed by atoms with Crippen LogP contribution < -0.4 is 4.74 Å². The summed E-state index contributed by atoms with van der Waals surface area (Å²) in [4.78, 5) is 0.930. The van der Waals surface area contributed by atoms with E-state index in [1.165, 1.54) is 10.5 Å². The first-order chi connectivity index (χ1) is 7.78. The van der Waals surface area contributed by atoms with Gasteiger partial charge in [0.05, 0.1) is 4.90 Å². The summed E-state index contributed by atoms with van der Waals surface area (Å²) in [6.45, 7) is 2.12. The Morgan fingerprint density at radius 2 is 1.62 bits per heavy atom. The number of ether oxygens (including phenoxy) is 1. The number of hydrogen-bond donors (Lipinski definition) is 0. The van der Waals surface area contributed by atoms with Crippen LogP contribution in [0.3, 0.4) is 0 Å². The van der Waals surface area contributed by atoms with Gasteiger partial charge in [-0.1, -0.05) is 54.2 Å². The van der Waals surface area contributed by atoms with Gasteiger partial charge in [0.25, 0.3) is 0 Å². The van der Waals surface area contributed by atoms with Gasteiger partial charge in [-0.15, -0.1) is 0 Å². The first kappa shape index (κ1) is 9.79. The van der Waals surface area contributed by atoms with Crippen molar-refractivity contribution in [3.63, 3.8) is 0 Å². The lowest BCUT2D eigenvalue weighted by atomic mass is 10.1. The molecule has 0 aromatic heterocycles. The van der Waals surface area contributed by atoms with Crippen molar-refractivity contribution >= 4 is 11.8 Å². The topological polar surface area (TPSA) is 9.23 Å². The molecule has 2 heteroatoms. The summed E-state index contributed by atoms with van der Waals surface area (Å²) in [6, 6.07) is 18.5. The van der Waals surface area contributed by atoms with Crippen LogP contribution in [0.25, 0.3) is 0 Å². The molecule has 0 saturated carbocycles. The Bertz CT molecular complexity index is 482. The highest BCUT2D eigenvalue weighted by molar-refractivity contribution is 8.00. The maximum Gasteiger partial charge on any atom is 0.181 e. The zero-order valence-electron chi connectivity index (χ0n) is 9.01. The van der Waals surface area contributed by atoms with Gasteiger partial charge in [-0.05, 0) is 19.1 Å². The first-order valence-electron chi connectivity index (χ1n) is 5.30. The van der Waals surface area contributed by atoms with Crippen LogP contribution >= 0.6 is 11.8 Å². The summed E-state index contributed by atoms with van der Waals surface area (Å²) < 4.78 is 6.04. The third-order valence-corrected chi connectivity index (χ3v) is 4.02. The zero-order chi connectivity index (χ0) is 11.0. The second kappa shape index (κ2) is 3.56. The van der Waals surface area contributed by atoms with E-state index < -0.39 is 0 Å². The van der Waals surface area contributed by atoms with Gasteiger partial charge >= 0.3 is 0 Å². The second-order valence-corrected chi connectivity index (χ2v) is 5.39. The predicted molar refractivity (Wildman–Crippen MR) is 66.7 cm³/mol. The van der Waals surface area contributed by atoms with Crippen LogP contribution in [0, 0.1) is 0 Å². The Labute approximate surface area is 99.4 Å². The Morgan fingerprint density at radius 1 is 0.938 bits per heavy atom.